The highest BCUT2D eigenvalue weighted by Gasteiger charge is 2.33. The van der Waals surface area contributed by atoms with Gasteiger partial charge in [-0.1, -0.05) is 32.0 Å². The number of amides is 3. The molecule has 3 amide bonds. The number of hydrogen-bond donors (Lipinski definition) is 8. The van der Waals surface area contributed by atoms with Crippen LogP contribution in [0.15, 0.2) is 30.5 Å². The Bertz CT molecular complexity index is 1160. The van der Waals surface area contributed by atoms with Crippen LogP contribution in [-0.4, -0.2) is 80.2 Å². The van der Waals surface area contributed by atoms with Crippen LogP contribution in [0.1, 0.15) is 39.2 Å². The molecule has 1 heterocycles. The van der Waals surface area contributed by atoms with Gasteiger partial charge in [-0.05, 0) is 37.3 Å². The van der Waals surface area contributed by atoms with Crippen molar-refractivity contribution < 1.29 is 39.3 Å². The van der Waals surface area contributed by atoms with Crippen molar-refractivity contribution in [3.63, 3.8) is 0 Å². The maximum atomic E-state index is 12.9. The highest BCUT2D eigenvalue weighted by atomic mass is 16.4. The van der Waals surface area contributed by atoms with Crippen molar-refractivity contribution in [1.82, 2.24) is 20.9 Å². The molecule has 5 atom stereocenters. The molecular weight excluding hydrogens is 498 g/mol. The van der Waals surface area contributed by atoms with E-state index in [0.29, 0.717) is 0 Å². The molecule has 1 aromatic carbocycles. The van der Waals surface area contributed by atoms with Gasteiger partial charge in [-0.25, -0.2) is 4.79 Å². The van der Waals surface area contributed by atoms with Gasteiger partial charge in [-0.2, -0.15) is 0 Å². The molecule has 0 radical (unpaired) electrons. The number of H-pyrrole nitrogens is 1. The van der Waals surface area contributed by atoms with Gasteiger partial charge in [0.15, 0.2) is 0 Å². The van der Waals surface area contributed by atoms with Gasteiger partial charge in [0.1, 0.15) is 18.1 Å². The number of aliphatic carboxylic acids is 2. The Balaban J connectivity index is 2.11. The summed E-state index contributed by atoms with van der Waals surface area (Å²) in [6.45, 7) is 4.72. The molecule has 0 aliphatic rings. The molecular formula is C25H35N5O8. The summed E-state index contributed by atoms with van der Waals surface area (Å²) < 4.78 is 0. The monoisotopic (exact) mass is 533 g/mol. The second kappa shape index (κ2) is 13.5. The molecule has 13 nitrogen and oxygen atoms in total. The number of nitrogens with two attached hydrogens (primary N) is 1. The van der Waals surface area contributed by atoms with Gasteiger partial charge >= 0.3 is 11.9 Å². The molecule has 1 aromatic heterocycles. The van der Waals surface area contributed by atoms with E-state index in [0.717, 1.165) is 16.5 Å². The number of aromatic amines is 1. The first-order chi connectivity index (χ1) is 17.8. The molecule has 0 aliphatic heterocycles. The van der Waals surface area contributed by atoms with E-state index in [-0.39, 0.29) is 18.8 Å². The van der Waals surface area contributed by atoms with Crippen molar-refractivity contribution in [2.45, 2.75) is 70.3 Å². The number of fused-ring (bicyclic) bond motifs is 1. The van der Waals surface area contributed by atoms with Crippen LogP contribution in [-0.2, 0) is 30.4 Å². The number of para-hydroxylation sites is 1. The third-order valence-corrected chi connectivity index (χ3v) is 5.85. The second-order valence-electron chi connectivity index (χ2n) is 9.58. The van der Waals surface area contributed by atoms with Gasteiger partial charge in [-0.15, -0.1) is 0 Å². The predicted molar refractivity (Wildman–Crippen MR) is 137 cm³/mol. The van der Waals surface area contributed by atoms with Gasteiger partial charge in [-0.3, -0.25) is 19.2 Å². The molecule has 0 saturated carbocycles. The van der Waals surface area contributed by atoms with E-state index >= 15 is 0 Å². The van der Waals surface area contributed by atoms with E-state index in [9.17, 15) is 39.3 Å². The lowest BCUT2D eigenvalue weighted by Crippen LogP contribution is -2.60. The van der Waals surface area contributed by atoms with Crippen molar-refractivity contribution in [1.29, 1.82) is 0 Å². The lowest BCUT2D eigenvalue weighted by molar-refractivity contribution is -0.144. The fourth-order valence-electron chi connectivity index (χ4n) is 3.91. The quantitative estimate of drug-likeness (QED) is 0.156. The van der Waals surface area contributed by atoms with Crippen LogP contribution in [0.25, 0.3) is 10.9 Å². The van der Waals surface area contributed by atoms with Crippen molar-refractivity contribution in [2.24, 2.45) is 11.7 Å². The lowest BCUT2D eigenvalue weighted by Gasteiger charge is -2.26. The van der Waals surface area contributed by atoms with E-state index in [4.69, 9.17) is 5.73 Å². The first kappa shape index (κ1) is 30.3. The number of aliphatic hydroxyl groups excluding tert-OH is 1. The molecule has 208 valence electrons. The maximum absolute atomic E-state index is 12.9. The van der Waals surface area contributed by atoms with Gasteiger partial charge in [0.25, 0.3) is 0 Å². The third kappa shape index (κ3) is 8.56. The van der Waals surface area contributed by atoms with E-state index < -0.39 is 66.4 Å². The zero-order chi connectivity index (χ0) is 28.6. The molecule has 0 bridgehead atoms. The number of rotatable bonds is 14. The molecule has 0 fully saturated rings. The largest absolute Gasteiger partial charge is 0.481 e. The average molecular weight is 534 g/mol. The van der Waals surface area contributed by atoms with Crippen LogP contribution < -0.4 is 21.7 Å². The predicted octanol–water partition coefficient (Wildman–Crippen LogP) is -0.522. The summed E-state index contributed by atoms with van der Waals surface area (Å²) in [4.78, 5) is 64.3. The molecule has 0 spiro atoms. The maximum Gasteiger partial charge on any atom is 0.326 e. The van der Waals surface area contributed by atoms with Crippen LogP contribution in [0, 0.1) is 5.92 Å². The number of benzene rings is 1. The zero-order valence-corrected chi connectivity index (χ0v) is 21.4. The number of hydrogen-bond acceptors (Lipinski definition) is 7. The number of aromatic nitrogens is 1. The Morgan fingerprint density at radius 1 is 0.921 bits per heavy atom. The number of carboxylic acids is 2. The summed E-state index contributed by atoms with van der Waals surface area (Å²) in [5.41, 5.74) is 7.68. The Kier molecular flexibility index (Phi) is 10.8. The Morgan fingerprint density at radius 2 is 1.55 bits per heavy atom. The highest BCUT2D eigenvalue weighted by Crippen LogP contribution is 2.18. The van der Waals surface area contributed by atoms with Crippen LogP contribution in [0.4, 0.5) is 0 Å². The number of aliphatic hydroxyl groups is 1. The van der Waals surface area contributed by atoms with E-state index in [1.165, 1.54) is 6.92 Å². The van der Waals surface area contributed by atoms with E-state index in [1.54, 1.807) is 20.0 Å². The molecule has 2 aromatic rings. The molecule has 38 heavy (non-hydrogen) atoms. The van der Waals surface area contributed by atoms with Crippen LogP contribution in [0.3, 0.4) is 0 Å². The van der Waals surface area contributed by atoms with Crippen molar-refractivity contribution >= 4 is 40.6 Å². The summed E-state index contributed by atoms with van der Waals surface area (Å²) in [5.74, 6) is -5.65. The summed E-state index contributed by atoms with van der Waals surface area (Å²) in [6.07, 6.45) is -0.363. The molecule has 2 rings (SSSR count). The molecule has 9 N–H and O–H groups in total. The third-order valence-electron chi connectivity index (χ3n) is 5.85. The van der Waals surface area contributed by atoms with Gasteiger partial charge in [0.2, 0.25) is 17.7 Å². The van der Waals surface area contributed by atoms with Crippen molar-refractivity contribution in [3.05, 3.63) is 36.0 Å². The minimum absolute atomic E-state index is 0.0789. The van der Waals surface area contributed by atoms with E-state index in [1.807, 2.05) is 24.3 Å². The number of carbonyl (C=O) groups is 5. The minimum Gasteiger partial charge on any atom is -0.481 e. The Morgan fingerprint density at radius 3 is 2.13 bits per heavy atom. The van der Waals surface area contributed by atoms with Crippen LogP contribution in [0.5, 0.6) is 0 Å². The fourth-order valence-corrected chi connectivity index (χ4v) is 3.91. The van der Waals surface area contributed by atoms with Crippen molar-refractivity contribution in [2.75, 3.05) is 0 Å². The number of nitrogens with one attached hydrogen (secondary N) is 4. The molecule has 5 unspecified atom stereocenters. The Labute approximate surface area is 219 Å². The topological polar surface area (TPSA) is 224 Å². The molecule has 13 heteroatoms. The lowest BCUT2D eigenvalue weighted by atomic mass is 10.0. The first-order valence-corrected chi connectivity index (χ1v) is 12.1. The summed E-state index contributed by atoms with van der Waals surface area (Å²) in [6, 6.07) is 1.80. The number of carbonyl (C=O) groups excluding carboxylic acids is 3. The normalized spacial score (nSPS) is 15.2. The second-order valence-corrected chi connectivity index (χ2v) is 9.58. The standard InChI is InChI=1S/C25H35N5O8/c1-12(2)8-19(25(37)38)29-23(35)18(10-20(32)33)28-24(36)21(13(3)31)30-22(34)16(26)9-14-11-27-17-7-5-4-6-15(14)17/h4-7,11-13,16,18-19,21,27,31H,8-10,26H2,1-3H3,(H,28,36)(H,29,35)(H,30,34)(H,32,33)(H,37,38). The smallest absolute Gasteiger partial charge is 0.326 e. The van der Waals surface area contributed by atoms with Gasteiger partial charge in [0.05, 0.1) is 18.6 Å². The van der Waals surface area contributed by atoms with Gasteiger partial charge in [0, 0.05) is 17.1 Å². The van der Waals surface area contributed by atoms with Crippen LogP contribution >= 0.6 is 0 Å². The Hall–Kier alpha value is -3.97. The van der Waals surface area contributed by atoms with Crippen molar-refractivity contribution in [3.8, 4) is 0 Å². The SMILES string of the molecule is CC(C)CC(NC(=O)C(CC(=O)O)NC(=O)C(NC(=O)C(N)Cc1c[nH]c2ccccc12)C(C)O)C(=O)O. The summed E-state index contributed by atoms with van der Waals surface area (Å²) in [5, 5.41) is 36.4. The summed E-state index contributed by atoms with van der Waals surface area (Å²) >= 11 is 0. The molecule has 0 aliphatic carbocycles. The summed E-state index contributed by atoms with van der Waals surface area (Å²) in [7, 11) is 0. The first-order valence-electron chi connectivity index (χ1n) is 12.1. The van der Waals surface area contributed by atoms with Crippen LogP contribution in [0.2, 0.25) is 0 Å². The van der Waals surface area contributed by atoms with Gasteiger partial charge < -0.3 is 42.0 Å². The number of carboxylic acid groups (broad SMARTS) is 2. The highest BCUT2D eigenvalue weighted by molar-refractivity contribution is 5.96. The zero-order valence-electron chi connectivity index (χ0n) is 21.4. The molecule has 0 saturated heterocycles. The van der Waals surface area contributed by atoms with E-state index in [2.05, 4.69) is 20.9 Å². The minimum atomic E-state index is -1.66. The fraction of sp³-hybridized carbons (Fsp3) is 0.480. The average Bonchev–Trinajstić information content (AvgIpc) is 3.23.